The van der Waals surface area contributed by atoms with Crippen LogP contribution in [0.5, 0.6) is 0 Å². The van der Waals surface area contributed by atoms with Gasteiger partial charge in [0.1, 0.15) is 0 Å². The molecule has 0 aromatic rings. The van der Waals surface area contributed by atoms with Gasteiger partial charge in [0.05, 0.1) is 6.67 Å². The molecule has 0 amide bonds. The first-order chi connectivity index (χ1) is 5.74. The molecule has 0 aliphatic carbocycles. The van der Waals surface area contributed by atoms with Crippen molar-refractivity contribution in [3.05, 3.63) is 24.2 Å². The minimum atomic E-state index is 0.968. The van der Waals surface area contributed by atoms with E-state index in [0.29, 0.717) is 0 Å². The van der Waals surface area contributed by atoms with Crippen LogP contribution in [-0.4, -0.2) is 23.5 Å². The standard InChI is InChI=1S/C10H18N2/c1-5-9-10(6-2)12(7-3)8-11(9)4/h7H,3,5-6,8H2,1-2,4H3. The number of hydrogen-bond donors (Lipinski definition) is 0. The molecule has 2 heteroatoms. The molecule has 0 unspecified atom stereocenters. The molecule has 0 aromatic heterocycles. The van der Waals surface area contributed by atoms with Crippen molar-refractivity contribution in [1.82, 2.24) is 9.80 Å². The van der Waals surface area contributed by atoms with Crippen LogP contribution in [0.25, 0.3) is 0 Å². The zero-order valence-corrected chi connectivity index (χ0v) is 8.30. The van der Waals surface area contributed by atoms with Crippen LogP contribution in [0.15, 0.2) is 24.2 Å². The first-order valence-corrected chi connectivity index (χ1v) is 4.56. The molecule has 1 rings (SSSR count). The van der Waals surface area contributed by atoms with Crippen molar-refractivity contribution in [3.8, 4) is 0 Å². The van der Waals surface area contributed by atoms with Crippen molar-refractivity contribution < 1.29 is 0 Å². The normalized spacial score (nSPS) is 17.6. The van der Waals surface area contributed by atoms with E-state index < -0.39 is 0 Å². The Hall–Kier alpha value is -0.920. The number of nitrogens with zero attached hydrogens (tertiary/aromatic N) is 2. The maximum absolute atomic E-state index is 3.81. The Labute approximate surface area is 75.2 Å². The third kappa shape index (κ3) is 1.33. The molecule has 0 radical (unpaired) electrons. The fourth-order valence-corrected chi connectivity index (χ4v) is 1.83. The van der Waals surface area contributed by atoms with Crippen molar-refractivity contribution in [2.75, 3.05) is 13.7 Å². The fraction of sp³-hybridized carbons (Fsp3) is 0.600. The molecule has 0 saturated heterocycles. The monoisotopic (exact) mass is 166 g/mol. The Morgan fingerprint density at radius 1 is 1.33 bits per heavy atom. The summed E-state index contributed by atoms with van der Waals surface area (Å²) in [4.78, 5) is 4.51. The first-order valence-electron chi connectivity index (χ1n) is 4.56. The van der Waals surface area contributed by atoms with Crippen LogP contribution in [0.4, 0.5) is 0 Å². The van der Waals surface area contributed by atoms with E-state index >= 15 is 0 Å². The summed E-state index contributed by atoms with van der Waals surface area (Å²) in [7, 11) is 2.14. The van der Waals surface area contributed by atoms with Crippen molar-refractivity contribution >= 4 is 0 Å². The smallest absolute Gasteiger partial charge is 0.0938 e. The third-order valence-corrected chi connectivity index (χ3v) is 2.40. The van der Waals surface area contributed by atoms with Crippen molar-refractivity contribution in [3.63, 3.8) is 0 Å². The van der Waals surface area contributed by atoms with E-state index in [-0.39, 0.29) is 0 Å². The number of allylic oxidation sites excluding steroid dienone is 2. The number of rotatable bonds is 3. The molecule has 0 spiro atoms. The lowest BCUT2D eigenvalue weighted by atomic mass is 10.2. The maximum atomic E-state index is 3.81. The van der Waals surface area contributed by atoms with E-state index in [2.05, 4.69) is 37.3 Å². The van der Waals surface area contributed by atoms with Gasteiger partial charge < -0.3 is 9.80 Å². The van der Waals surface area contributed by atoms with E-state index in [1.54, 1.807) is 0 Å². The van der Waals surface area contributed by atoms with Gasteiger partial charge in [-0.1, -0.05) is 20.4 Å². The lowest BCUT2D eigenvalue weighted by molar-refractivity contribution is 0.335. The van der Waals surface area contributed by atoms with Crippen LogP contribution in [0, 0.1) is 0 Å². The summed E-state index contributed by atoms with van der Waals surface area (Å²) in [5.74, 6) is 0. The second-order valence-electron chi connectivity index (χ2n) is 3.09. The van der Waals surface area contributed by atoms with Gasteiger partial charge in [0, 0.05) is 18.4 Å². The zero-order valence-electron chi connectivity index (χ0n) is 8.30. The van der Waals surface area contributed by atoms with Crippen LogP contribution in [0.2, 0.25) is 0 Å². The predicted octanol–water partition coefficient (Wildman–Crippen LogP) is 2.37. The highest BCUT2D eigenvalue weighted by atomic mass is 15.4. The van der Waals surface area contributed by atoms with Crippen LogP contribution < -0.4 is 0 Å². The summed E-state index contributed by atoms with van der Waals surface area (Å²) < 4.78 is 0. The molecular weight excluding hydrogens is 148 g/mol. The summed E-state index contributed by atoms with van der Waals surface area (Å²) in [6, 6.07) is 0. The molecule has 0 N–H and O–H groups in total. The van der Waals surface area contributed by atoms with Gasteiger partial charge in [-0.05, 0) is 19.0 Å². The van der Waals surface area contributed by atoms with Crippen LogP contribution in [0.3, 0.4) is 0 Å². The second-order valence-corrected chi connectivity index (χ2v) is 3.09. The minimum Gasteiger partial charge on any atom is -0.359 e. The quantitative estimate of drug-likeness (QED) is 0.635. The number of hydrogen-bond acceptors (Lipinski definition) is 2. The molecule has 12 heavy (non-hydrogen) atoms. The molecule has 1 heterocycles. The van der Waals surface area contributed by atoms with Crippen molar-refractivity contribution in [1.29, 1.82) is 0 Å². The maximum Gasteiger partial charge on any atom is 0.0938 e. The van der Waals surface area contributed by atoms with Gasteiger partial charge in [0.15, 0.2) is 0 Å². The Bertz CT molecular complexity index is 206. The van der Waals surface area contributed by atoms with E-state index in [9.17, 15) is 0 Å². The molecule has 68 valence electrons. The lowest BCUT2D eigenvalue weighted by Crippen LogP contribution is -2.20. The second kappa shape index (κ2) is 3.65. The van der Waals surface area contributed by atoms with Crippen LogP contribution in [-0.2, 0) is 0 Å². The minimum absolute atomic E-state index is 0.968. The van der Waals surface area contributed by atoms with E-state index in [1.807, 2.05) is 6.20 Å². The average molecular weight is 166 g/mol. The SMILES string of the molecule is C=CN1CN(C)C(CC)=C1CC. The topological polar surface area (TPSA) is 6.48 Å². The Kier molecular flexibility index (Phi) is 2.79. The fourth-order valence-electron chi connectivity index (χ4n) is 1.83. The Morgan fingerprint density at radius 2 is 1.92 bits per heavy atom. The van der Waals surface area contributed by atoms with Gasteiger partial charge in [-0.25, -0.2) is 0 Å². The Morgan fingerprint density at radius 3 is 2.33 bits per heavy atom. The predicted molar refractivity (Wildman–Crippen MR) is 52.3 cm³/mol. The molecule has 1 aliphatic heterocycles. The highest BCUT2D eigenvalue weighted by Gasteiger charge is 2.21. The molecule has 0 bridgehead atoms. The van der Waals surface area contributed by atoms with Gasteiger partial charge in [-0.2, -0.15) is 0 Å². The van der Waals surface area contributed by atoms with Crippen molar-refractivity contribution in [2.24, 2.45) is 0 Å². The molecule has 0 atom stereocenters. The average Bonchev–Trinajstić information content (AvgIpc) is 2.40. The van der Waals surface area contributed by atoms with E-state index in [0.717, 1.165) is 19.5 Å². The molecule has 1 aliphatic rings. The van der Waals surface area contributed by atoms with E-state index in [4.69, 9.17) is 0 Å². The largest absolute Gasteiger partial charge is 0.359 e. The van der Waals surface area contributed by atoms with Gasteiger partial charge >= 0.3 is 0 Å². The highest BCUT2D eigenvalue weighted by Crippen LogP contribution is 2.26. The molecule has 0 fully saturated rings. The highest BCUT2D eigenvalue weighted by molar-refractivity contribution is 5.18. The van der Waals surface area contributed by atoms with Gasteiger partial charge in [-0.15, -0.1) is 0 Å². The summed E-state index contributed by atoms with van der Waals surface area (Å²) in [5, 5.41) is 0. The molecular formula is C10H18N2. The van der Waals surface area contributed by atoms with Crippen LogP contribution in [0.1, 0.15) is 26.7 Å². The molecule has 0 aromatic carbocycles. The first kappa shape index (κ1) is 9.17. The van der Waals surface area contributed by atoms with Gasteiger partial charge in [-0.3, -0.25) is 0 Å². The zero-order chi connectivity index (χ0) is 9.14. The summed E-state index contributed by atoms with van der Waals surface area (Å²) in [6.07, 6.45) is 4.13. The van der Waals surface area contributed by atoms with Gasteiger partial charge in [0.25, 0.3) is 0 Å². The van der Waals surface area contributed by atoms with Crippen LogP contribution >= 0.6 is 0 Å². The van der Waals surface area contributed by atoms with Gasteiger partial charge in [0.2, 0.25) is 0 Å². The summed E-state index contributed by atoms with van der Waals surface area (Å²) >= 11 is 0. The Balaban J connectivity index is 2.90. The molecule has 2 nitrogen and oxygen atoms in total. The van der Waals surface area contributed by atoms with E-state index in [1.165, 1.54) is 11.4 Å². The van der Waals surface area contributed by atoms with Crippen molar-refractivity contribution in [2.45, 2.75) is 26.7 Å². The third-order valence-electron chi connectivity index (χ3n) is 2.40. The molecule has 0 saturated carbocycles. The summed E-state index contributed by atoms with van der Waals surface area (Å²) in [6.45, 7) is 9.17. The lowest BCUT2D eigenvalue weighted by Gasteiger charge is -2.16. The summed E-state index contributed by atoms with van der Waals surface area (Å²) in [5.41, 5.74) is 2.88.